The molecule has 0 aliphatic carbocycles. The summed E-state index contributed by atoms with van der Waals surface area (Å²) in [5, 5.41) is 17.2. The average Bonchev–Trinajstić information content (AvgIpc) is 3.54. The normalized spacial score (nSPS) is 18.0. The van der Waals surface area contributed by atoms with Gasteiger partial charge in [-0.05, 0) is 57.1 Å². The Morgan fingerprint density at radius 2 is 1.65 bits per heavy atom. The number of carboxylic acid groups (broad SMARTS) is 1. The first-order valence-corrected chi connectivity index (χ1v) is 15.5. The number of aliphatic carboxylic acids is 1. The summed E-state index contributed by atoms with van der Waals surface area (Å²) >= 11 is 5.40. The van der Waals surface area contributed by atoms with Gasteiger partial charge in [0.15, 0.2) is 3.78 Å². The third-order valence-electron chi connectivity index (χ3n) is 6.74. The second kappa shape index (κ2) is 10.4. The molecule has 1 aromatic heterocycles. The monoisotopic (exact) mass is 634 g/mol. The lowest BCUT2D eigenvalue weighted by atomic mass is 10.1. The lowest BCUT2D eigenvalue weighted by molar-refractivity contribution is -0.138. The van der Waals surface area contributed by atoms with Gasteiger partial charge in [0.2, 0.25) is 10.0 Å². The second-order valence-corrected chi connectivity index (χ2v) is 13.9. The fourth-order valence-corrected chi connectivity index (χ4v) is 7.67. The van der Waals surface area contributed by atoms with Crippen LogP contribution in [0.3, 0.4) is 0 Å². The Morgan fingerprint density at radius 1 is 0.950 bits per heavy atom. The third-order valence-corrected chi connectivity index (χ3v) is 10.4. The zero-order valence-electron chi connectivity index (χ0n) is 20.9. The molecule has 1 aliphatic heterocycles. The molecule has 40 heavy (non-hydrogen) atoms. The molecule has 2 atom stereocenters. The van der Waals surface area contributed by atoms with Crippen molar-refractivity contribution in [3.05, 3.63) is 119 Å². The summed E-state index contributed by atoms with van der Waals surface area (Å²) < 4.78 is 33.9. The van der Waals surface area contributed by atoms with Crippen LogP contribution in [0, 0.1) is 0 Å². The summed E-state index contributed by atoms with van der Waals surface area (Å²) in [6.45, 7) is 0. The van der Waals surface area contributed by atoms with Gasteiger partial charge in [-0.1, -0.05) is 90.6 Å². The maximum atomic E-state index is 13.0. The van der Waals surface area contributed by atoms with Crippen molar-refractivity contribution in [3.8, 4) is 0 Å². The molecule has 0 saturated carbocycles. The third kappa shape index (κ3) is 5.03. The number of benzene rings is 4. The first-order chi connectivity index (χ1) is 19.2. The van der Waals surface area contributed by atoms with Crippen molar-refractivity contribution in [2.75, 3.05) is 0 Å². The van der Waals surface area contributed by atoms with E-state index in [4.69, 9.17) is 4.42 Å². The SMILES string of the molecule is O=C(O)C(Cc1ccccc1)NS(=O)(=O)c1ccc(C2=CS[C@](Br)(c3cccc4c3oc3ccccc34)N2)cc1. The fraction of sp³-hybridized carbons (Fsp3) is 0.100. The van der Waals surface area contributed by atoms with Gasteiger partial charge in [-0.3, -0.25) is 4.79 Å². The number of rotatable bonds is 8. The van der Waals surface area contributed by atoms with E-state index in [1.54, 1.807) is 36.4 Å². The molecule has 1 unspecified atom stereocenters. The fourth-order valence-electron chi connectivity index (χ4n) is 4.74. The van der Waals surface area contributed by atoms with Crippen molar-refractivity contribution in [2.45, 2.75) is 21.1 Å². The molecule has 6 rings (SSSR count). The number of furan rings is 1. The van der Waals surface area contributed by atoms with E-state index in [0.717, 1.165) is 44.3 Å². The Labute approximate surface area is 243 Å². The lowest BCUT2D eigenvalue weighted by Gasteiger charge is -2.24. The first kappa shape index (κ1) is 26.6. The topological polar surface area (TPSA) is 109 Å². The molecule has 5 aromatic rings. The number of thioether (sulfide) groups is 1. The van der Waals surface area contributed by atoms with Gasteiger partial charge in [0.25, 0.3) is 0 Å². The number of fused-ring (bicyclic) bond motifs is 3. The molecule has 0 spiro atoms. The zero-order valence-corrected chi connectivity index (χ0v) is 24.1. The van der Waals surface area contributed by atoms with Crippen LogP contribution in [-0.2, 0) is 25.0 Å². The van der Waals surface area contributed by atoms with Crippen molar-refractivity contribution >= 4 is 71.3 Å². The quantitative estimate of drug-likeness (QED) is 0.134. The molecule has 4 aromatic carbocycles. The molecular weight excluding hydrogens is 612 g/mol. The lowest BCUT2D eigenvalue weighted by Crippen LogP contribution is -2.42. The summed E-state index contributed by atoms with van der Waals surface area (Å²) in [4.78, 5) is 11.8. The van der Waals surface area contributed by atoms with Crippen LogP contribution >= 0.6 is 27.7 Å². The summed E-state index contributed by atoms with van der Waals surface area (Å²) in [5.41, 5.74) is 4.84. The second-order valence-electron chi connectivity index (χ2n) is 9.38. The molecular formula is C30H23BrN2O5S2. The van der Waals surface area contributed by atoms with Crippen LogP contribution in [0.4, 0.5) is 0 Å². The van der Waals surface area contributed by atoms with Crippen LogP contribution < -0.4 is 10.0 Å². The molecule has 3 N–H and O–H groups in total. The highest BCUT2D eigenvalue weighted by Crippen LogP contribution is 2.50. The van der Waals surface area contributed by atoms with E-state index >= 15 is 0 Å². The smallest absolute Gasteiger partial charge is 0.322 e. The largest absolute Gasteiger partial charge is 0.480 e. The average molecular weight is 636 g/mol. The van der Waals surface area contributed by atoms with E-state index in [2.05, 4.69) is 26.0 Å². The van der Waals surface area contributed by atoms with Crippen LogP contribution in [0.1, 0.15) is 16.7 Å². The van der Waals surface area contributed by atoms with Crippen molar-refractivity contribution in [1.82, 2.24) is 10.0 Å². The minimum Gasteiger partial charge on any atom is -0.480 e. The Balaban J connectivity index is 1.21. The van der Waals surface area contributed by atoms with E-state index < -0.39 is 25.8 Å². The Morgan fingerprint density at radius 3 is 2.40 bits per heavy atom. The number of carboxylic acids is 1. The van der Waals surface area contributed by atoms with E-state index in [1.165, 1.54) is 23.9 Å². The van der Waals surface area contributed by atoms with Crippen molar-refractivity contribution in [1.29, 1.82) is 0 Å². The molecule has 202 valence electrons. The number of hydrogen-bond donors (Lipinski definition) is 3. The number of carbonyl (C=O) groups is 1. The van der Waals surface area contributed by atoms with Crippen LogP contribution in [-0.4, -0.2) is 25.5 Å². The van der Waals surface area contributed by atoms with Gasteiger partial charge in [-0.25, -0.2) is 8.42 Å². The van der Waals surface area contributed by atoms with Crippen LogP contribution in [0.25, 0.3) is 27.6 Å². The maximum Gasteiger partial charge on any atom is 0.322 e. The number of sulfonamides is 1. The zero-order chi connectivity index (χ0) is 27.9. The highest BCUT2D eigenvalue weighted by Gasteiger charge is 2.37. The molecule has 0 amide bonds. The summed E-state index contributed by atoms with van der Waals surface area (Å²) in [5.74, 6) is -1.24. The molecule has 1 aliphatic rings. The van der Waals surface area contributed by atoms with Crippen LogP contribution in [0.5, 0.6) is 0 Å². The Kier molecular flexibility index (Phi) is 6.95. The van der Waals surface area contributed by atoms with Crippen LogP contribution in [0.15, 0.2) is 112 Å². The van der Waals surface area contributed by atoms with Gasteiger partial charge >= 0.3 is 5.97 Å². The number of nitrogens with one attached hydrogen (secondary N) is 2. The molecule has 0 fully saturated rings. The van der Waals surface area contributed by atoms with Gasteiger partial charge in [0.05, 0.1) is 4.90 Å². The predicted octanol–water partition coefficient (Wildman–Crippen LogP) is 6.40. The van der Waals surface area contributed by atoms with E-state index in [-0.39, 0.29) is 11.3 Å². The highest BCUT2D eigenvalue weighted by molar-refractivity contribution is 9.11. The molecule has 10 heteroatoms. The number of alkyl halides is 1. The van der Waals surface area contributed by atoms with Crippen molar-refractivity contribution in [2.24, 2.45) is 0 Å². The molecule has 0 saturated heterocycles. The van der Waals surface area contributed by atoms with Crippen LogP contribution in [0.2, 0.25) is 0 Å². The molecule has 0 radical (unpaired) electrons. The maximum absolute atomic E-state index is 13.0. The summed E-state index contributed by atoms with van der Waals surface area (Å²) in [7, 11) is -4.07. The predicted molar refractivity (Wildman–Crippen MR) is 161 cm³/mol. The highest BCUT2D eigenvalue weighted by atomic mass is 79.9. The number of para-hydroxylation sites is 2. The van der Waals surface area contributed by atoms with Gasteiger partial charge in [-0.2, -0.15) is 4.72 Å². The van der Waals surface area contributed by atoms with E-state index in [9.17, 15) is 18.3 Å². The minimum atomic E-state index is -4.07. The molecule has 7 nitrogen and oxygen atoms in total. The molecule has 0 bridgehead atoms. The van der Waals surface area contributed by atoms with Gasteiger partial charge in [0, 0.05) is 22.0 Å². The van der Waals surface area contributed by atoms with Crippen molar-refractivity contribution < 1.29 is 22.7 Å². The summed E-state index contributed by atoms with van der Waals surface area (Å²) in [6.07, 6.45) is 0.0346. The standard InChI is InChI=1S/C30H23BrN2O5S2/c31-30(24-11-6-10-23-22-9-4-5-12-27(22)38-28(23)24)32-26(18-39-30)20-13-15-21(16-14-20)40(36,37)33-25(29(34)35)17-19-7-2-1-3-8-19/h1-16,18,25,32-33H,17H2,(H,34,35)/t25?,30-/m0/s1. The Hall–Kier alpha value is -3.57. The Bertz CT molecular complexity index is 1870. The number of halogens is 1. The van der Waals surface area contributed by atoms with Gasteiger partial charge < -0.3 is 14.8 Å². The van der Waals surface area contributed by atoms with E-state index in [0.29, 0.717) is 0 Å². The minimum absolute atomic E-state index is 0.0149. The van der Waals surface area contributed by atoms with Crippen molar-refractivity contribution in [3.63, 3.8) is 0 Å². The van der Waals surface area contributed by atoms with Gasteiger partial charge in [0.1, 0.15) is 17.2 Å². The first-order valence-electron chi connectivity index (χ1n) is 12.4. The van der Waals surface area contributed by atoms with E-state index in [1.807, 2.05) is 53.9 Å². The number of hydrogen-bond acceptors (Lipinski definition) is 6. The molecule has 2 heterocycles. The van der Waals surface area contributed by atoms with Gasteiger partial charge in [-0.15, -0.1) is 0 Å². The summed E-state index contributed by atoms with van der Waals surface area (Å²) in [6, 6.07) is 27.9.